The zero-order valence-corrected chi connectivity index (χ0v) is 12.5. The molecule has 0 fully saturated rings. The minimum absolute atomic E-state index is 0.178. The Balaban J connectivity index is 2.45. The van der Waals surface area contributed by atoms with Crippen LogP contribution in [0.1, 0.15) is 29.9 Å². The number of nitrogens with zero attached hydrogens (tertiary/aromatic N) is 1. The minimum atomic E-state index is -3.69. The average Bonchev–Trinajstić information content (AvgIpc) is 2.69. The van der Waals surface area contributed by atoms with Gasteiger partial charge in [-0.25, -0.2) is 8.42 Å². The van der Waals surface area contributed by atoms with Crippen molar-refractivity contribution < 1.29 is 8.42 Å². The number of aromatic amines is 1. The van der Waals surface area contributed by atoms with Crippen molar-refractivity contribution in [3.8, 4) is 0 Å². The summed E-state index contributed by atoms with van der Waals surface area (Å²) in [5, 5.41) is 6.59. The van der Waals surface area contributed by atoms with Gasteiger partial charge in [-0.2, -0.15) is 5.10 Å². The van der Waals surface area contributed by atoms with Crippen LogP contribution in [0.4, 0.5) is 5.69 Å². The van der Waals surface area contributed by atoms with Gasteiger partial charge >= 0.3 is 0 Å². The number of aryl methyl sites for hydroxylation is 2. The molecule has 1 atom stereocenters. The predicted molar refractivity (Wildman–Crippen MR) is 77.9 cm³/mol. The van der Waals surface area contributed by atoms with Gasteiger partial charge in [0.1, 0.15) is 4.90 Å². The van der Waals surface area contributed by atoms with Gasteiger partial charge in [0.2, 0.25) is 0 Å². The van der Waals surface area contributed by atoms with Crippen LogP contribution in [0.2, 0.25) is 0 Å². The van der Waals surface area contributed by atoms with Crippen molar-refractivity contribution in [2.45, 2.75) is 31.7 Å². The van der Waals surface area contributed by atoms with Crippen LogP contribution in [0, 0.1) is 13.8 Å². The molecule has 0 bridgehead atoms. The number of hydrogen-bond donors (Lipinski definition) is 3. The van der Waals surface area contributed by atoms with Crippen molar-refractivity contribution in [1.29, 1.82) is 0 Å². The molecule has 7 heteroatoms. The van der Waals surface area contributed by atoms with E-state index in [2.05, 4.69) is 14.9 Å². The van der Waals surface area contributed by atoms with Crippen LogP contribution in [0.5, 0.6) is 0 Å². The normalized spacial score (nSPS) is 13.2. The zero-order chi connectivity index (χ0) is 14.9. The highest BCUT2D eigenvalue weighted by Gasteiger charge is 2.23. The van der Waals surface area contributed by atoms with Crippen LogP contribution in [0.25, 0.3) is 0 Å². The van der Waals surface area contributed by atoms with Crippen LogP contribution in [0.3, 0.4) is 0 Å². The standard InChI is InChI=1S/C13H18N4O2S/c1-8(14)11-6-4-5-7-12(11)17-20(18,19)13-9(2)15-16-10(13)3/h4-8,17H,14H2,1-3H3,(H,15,16)/t8-/m1/s1. The van der Waals surface area contributed by atoms with E-state index in [1.54, 1.807) is 32.0 Å². The summed E-state index contributed by atoms with van der Waals surface area (Å²) in [6, 6.07) is 6.82. The van der Waals surface area contributed by atoms with E-state index in [0.29, 0.717) is 17.1 Å². The molecule has 0 aliphatic carbocycles. The summed E-state index contributed by atoms with van der Waals surface area (Å²) in [6.45, 7) is 5.13. The maximum atomic E-state index is 12.5. The molecule has 1 aromatic heterocycles. The van der Waals surface area contributed by atoms with Crippen molar-refractivity contribution in [2.75, 3.05) is 4.72 Å². The summed E-state index contributed by atoms with van der Waals surface area (Å²) in [4.78, 5) is 0.178. The first kappa shape index (κ1) is 14.5. The third kappa shape index (κ3) is 2.68. The molecule has 0 unspecified atom stereocenters. The molecule has 1 heterocycles. The van der Waals surface area contributed by atoms with Gasteiger partial charge in [0.25, 0.3) is 10.0 Å². The van der Waals surface area contributed by atoms with Gasteiger partial charge in [0.05, 0.1) is 17.1 Å². The van der Waals surface area contributed by atoms with E-state index < -0.39 is 10.0 Å². The molecule has 0 aliphatic heterocycles. The Bertz CT molecular complexity index is 700. The second-order valence-corrected chi connectivity index (χ2v) is 6.36. The van der Waals surface area contributed by atoms with E-state index >= 15 is 0 Å². The molecule has 2 aromatic rings. The molecule has 0 saturated heterocycles. The van der Waals surface area contributed by atoms with Gasteiger partial charge < -0.3 is 5.73 Å². The molecule has 6 nitrogen and oxygen atoms in total. The van der Waals surface area contributed by atoms with Gasteiger partial charge in [-0.05, 0) is 32.4 Å². The molecule has 108 valence electrons. The summed E-state index contributed by atoms with van der Waals surface area (Å²) in [7, 11) is -3.69. The van der Waals surface area contributed by atoms with E-state index in [4.69, 9.17) is 5.73 Å². The van der Waals surface area contributed by atoms with Gasteiger partial charge in [-0.1, -0.05) is 18.2 Å². The quantitative estimate of drug-likeness (QED) is 0.801. The van der Waals surface area contributed by atoms with E-state index in [1.165, 1.54) is 0 Å². The number of para-hydroxylation sites is 1. The van der Waals surface area contributed by atoms with E-state index in [0.717, 1.165) is 5.56 Å². The summed E-state index contributed by atoms with van der Waals surface area (Å²) in [5.74, 6) is 0. The van der Waals surface area contributed by atoms with Crippen LogP contribution in [-0.2, 0) is 10.0 Å². The summed E-state index contributed by atoms with van der Waals surface area (Å²) in [6.07, 6.45) is 0. The molecule has 4 N–H and O–H groups in total. The monoisotopic (exact) mass is 294 g/mol. The average molecular weight is 294 g/mol. The van der Waals surface area contributed by atoms with Crippen molar-refractivity contribution >= 4 is 15.7 Å². The lowest BCUT2D eigenvalue weighted by Crippen LogP contribution is -2.17. The van der Waals surface area contributed by atoms with Gasteiger partial charge in [-0.3, -0.25) is 9.82 Å². The molecule has 20 heavy (non-hydrogen) atoms. The summed E-state index contributed by atoms with van der Waals surface area (Å²) < 4.78 is 27.5. The number of rotatable bonds is 4. The Labute approximate surface area is 118 Å². The maximum Gasteiger partial charge on any atom is 0.265 e. The third-order valence-corrected chi connectivity index (χ3v) is 4.65. The Morgan fingerprint density at radius 3 is 2.50 bits per heavy atom. The van der Waals surface area contributed by atoms with Crippen LogP contribution >= 0.6 is 0 Å². The number of benzene rings is 1. The molecule has 0 amide bonds. The highest BCUT2D eigenvalue weighted by Crippen LogP contribution is 2.25. The third-order valence-electron chi connectivity index (χ3n) is 3.02. The number of hydrogen-bond acceptors (Lipinski definition) is 4. The van der Waals surface area contributed by atoms with Gasteiger partial charge in [0.15, 0.2) is 0 Å². The van der Waals surface area contributed by atoms with E-state index in [9.17, 15) is 8.42 Å². The fourth-order valence-corrected chi connectivity index (χ4v) is 3.58. The highest BCUT2D eigenvalue weighted by molar-refractivity contribution is 7.92. The van der Waals surface area contributed by atoms with Crippen molar-refractivity contribution in [1.82, 2.24) is 10.2 Å². The molecule has 0 spiro atoms. The van der Waals surface area contributed by atoms with Gasteiger partial charge in [0, 0.05) is 6.04 Å². The molecule has 2 rings (SSSR count). The Kier molecular flexibility index (Phi) is 3.82. The van der Waals surface area contributed by atoms with Crippen molar-refractivity contribution in [3.05, 3.63) is 41.2 Å². The smallest absolute Gasteiger partial charge is 0.265 e. The predicted octanol–water partition coefficient (Wildman–Crippen LogP) is 1.85. The first-order valence-corrected chi connectivity index (χ1v) is 7.70. The molecule has 0 radical (unpaired) electrons. The number of nitrogens with one attached hydrogen (secondary N) is 2. The Morgan fingerprint density at radius 1 is 1.30 bits per heavy atom. The minimum Gasteiger partial charge on any atom is -0.324 e. The van der Waals surface area contributed by atoms with Crippen LogP contribution in [0.15, 0.2) is 29.2 Å². The summed E-state index contributed by atoms with van der Waals surface area (Å²) in [5.41, 5.74) is 8.04. The highest BCUT2D eigenvalue weighted by atomic mass is 32.2. The lowest BCUT2D eigenvalue weighted by atomic mass is 10.1. The second-order valence-electron chi connectivity index (χ2n) is 4.74. The number of anilines is 1. The lowest BCUT2D eigenvalue weighted by molar-refractivity contribution is 0.600. The number of sulfonamides is 1. The molecular formula is C13H18N4O2S. The summed E-state index contributed by atoms with van der Waals surface area (Å²) >= 11 is 0. The number of nitrogens with two attached hydrogens (primary N) is 1. The topological polar surface area (TPSA) is 101 Å². The van der Waals surface area contributed by atoms with Gasteiger partial charge in [-0.15, -0.1) is 0 Å². The fourth-order valence-electron chi connectivity index (χ4n) is 2.12. The lowest BCUT2D eigenvalue weighted by Gasteiger charge is -2.14. The van der Waals surface area contributed by atoms with Crippen LogP contribution in [-0.4, -0.2) is 18.6 Å². The fraction of sp³-hybridized carbons (Fsp3) is 0.308. The molecule has 0 saturated carbocycles. The van der Waals surface area contributed by atoms with E-state index in [1.807, 2.05) is 13.0 Å². The Morgan fingerprint density at radius 2 is 1.95 bits per heavy atom. The maximum absolute atomic E-state index is 12.5. The molecule has 0 aliphatic rings. The second kappa shape index (κ2) is 5.26. The number of aromatic nitrogens is 2. The van der Waals surface area contributed by atoms with Crippen LogP contribution < -0.4 is 10.5 Å². The van der Waals surface area contributed by atoms with Crippen molar-refractivity contribution in [3.63, 3.8) is 0 Å². The van der Waals surface area contributed by atoms with E-state index in [-0.39, 0.29) is 10.9 Å². The van der Waals surface area contributed by atoms with Crippen molar-refractivity contribution in [2.24, 2.45) is 5.73 Å². The number of H-pyrrole nitrogens is 1. The molecule has 1 aromatic carbocycles. The first-order valence-electron chi connectivity index (χ1n) is 6.22. The SMILES string of the molecule is Cc1n[nH]c(C)c1S(=O)(=O)Nc1ccccc1[C@@H](C)N. The largest absolute Gasteiger partial charge is 0.324 e. The zero-order valence-electron chi connectivity index (χ0n) is 11.6. The first-order chi connectivity index (χ1) is 9.33. The molecular weight excluding hydrogens is 276 g/mol. The Hall–Kier alpha value is -1.86.